The van der Waals surface area contributed by atoms with Gasteiger partial charge in [-0.15, -0.1) is 0 Å². The number of nitrogens with one attached hydrogen (secondary N) is 1. The second-order valence-corrected chi connectivity index (χ2v) is 4.54. The van der Waals surface area contributed by atoms with Crippen molar-refractivity contribution >= 4 is 21.7 Å². The van der Waals surface area contributed by atoms with Crippen molar-refractivity contribution in [3.63, 3.8) is 0 Å². The Morgan fingerprint density at radius 1 is 1.37 bits per heavy atom. The number of hydrazine groups is 1. The van der Waals surface area contributed by atoms with Gasteiger partial charge in [-0.1, -0.05) is 6.92 Å². The van der Waals surface area contributed by atoms with Crippen molar-refractivity contribution in [2.75, 3.05) is 5.43 Å². The van der Waals surface area contributed by atoms with Gasteiger partial charge in [0.15, 0.2) is 0 Å². The number of nitrogen functional groups attached to an aromatic ring is 1. The topological polar surface area (TPSA) is 73.1 Å². The molecular formula is C12H12BrFN4O. The summed E-state index contributed by atoms with van der Waals surface area (Å²) in [6.45, 7) is 1.92. The number of benzene rings is 1. The monoisotopic (exact) mass is 326 g/mol. The second-order valence-electron chi connectivity index (χ2n) is 3.68. The molecule has 0 amide bonds. The SMILES string of the molecule is CCc1nc(NN)cc(Oc2ccc(F)cc2Br)n1. The minimum Gasteiger partial charge on any atom is -0.438 e. The van der Waals surface area contributed by atoms with E-state index in [4.69, 9.17) is 10.6 Å². The normalized spacial score (nSPS) is 10.3. The third-order valence-electron chi connectivity index (χ3n) is 2.32. The fourth-order valence-electron chi connectivity index (χ4n) is 1.43. The molecule has 1 aromatic carbocycles. The highest BCUT2D eigenvalue weighted by Gasteiger charge is 2.08. The van der Waals surface area contributed by atoms with Crippen molar-refractivity contribution in [1.29, 1.82) is 0 Å². The summed E-state index contributed by atoms with van der Waals surface area (Å²) in [6.07, 6.45) is 0.649. The van der Waals surface area contributed by atoms with Crippen molar-refractivity contribution < 1.29 is 9.13 Å². The Balaban J connectivity index is 2.31. The molecule has 0 saturated heterocycles. The number of hydrogen-bond acceptors (Lipinski definition) is 5. The summed E-state index contributed by atoms with van der Waals surface area (Å²) in [5, 5.41) is 0. The summed E-state index contributed by atoms with van der Waals surface area (Å²) < 4.78 is 19.1. The molecule has 0 aliphatic carbocycles. The largest absolute Gasteiger partial charge is 0.438 e. The molecule has 3 N–H and O–H groups in total. The fourth-order valence-corrected chi connectivity index (χ4v) is 1.86. The maximum absolute atomic E-state index is 13.0. The molecule has 5 nitrogen and oxygen atoms in total. The Morgan fingerprint density at radius 2 is 2.16 bits per heavy atom. The van der Waals surface area contributed by atoms with E-state index in [0.717, 1.165) is 0 Å². The van der Waals surface area contributed by atoms with Gasteiger partial charge in [0.2, 0.25) is 5.88 Å². The Morgan fingerprint density at radius 3 is 2.79 bits per heavy atom. The van der Waals surface area contributed by atoms with Crippen LogP contribution >= 0.6 is 15.9 Å². The molecule has 2 rings (SSSR count). The molecule has 0 aliphatic rings. The molecule has 0 bridgehead atoms. The van der Waals surface area contributed by atoms with E-state index < -0.39 is 0 Å². The molecule has 19 heavy (non-hydrogen) atoms. The Labute approximate surface area is 118 Å². The first-order valence-corrected chi connectivity index (χ1v) is 6.39. The Bertz CT molecular complexity index is 572. The lowest BCUT2D eigenvalue weighted by Gasteiger charge is -2.09. The van der Waals surface area contributed by atoms with E-state index >= 15 is 0 Å². The van der Waals surface area contributed by atoms with Crippen molar-refractivity contribution in [3.05, 3.63) is 40.4 Å². The average molecular weight is 327 g/mol. The van der Waals surface area contributed by atoms with Crippen molar-refractivity contribution in [1.82, 2.24) is 9.97 Å². The van der Waals surface area contributed by atoms with Crippen LogP contribution in [0.1, 0.15) is 12.7 Å². The molecule has 0 radical (unpaired) electrons. The van der Waals surface area contributed by atoms with Crippen LogP contribution in [0.25, 0.3) is 0 Å². The van der Waals surface area contributed by atoms with Gasteiger partial charge in [0.1, 0.15) is 23.2 Å². The number of nitrogens with zero attached hydrogens (tertiary/aromatic N) is 2. The van der Waals surface area contributed by atoms with Crippen LogP contribution < -0.4 is 16.0 Å². The number of nitrogens with two attached hydrogens (primary N) is 1. The number of aromatic nitrogens is 2. The highest BCUT2D eigenvalue weighted by atomic mass is 79.9. The third-order valence-corrected chi connectivity index (χ3v) is 2.94. The number of halogens is 2. The van der Waals surface area contributed by atoms with Crippen molar-refractivity contribution in [2.45, 2.75) is 13.3 Å². The zero-order valence-electron chi connectivity index (χ0n) is 10.2. The predicted molar refractivity (Wildman–Crippen MR) is 73.4 cm³/mol. The van der Waals surface area contributed by atoms with Gasteiger partial charge >= 0.3 is 0 Å². The van der Waals surface area contributed by atoms with Crippen molar-refractivity contribution in [3.8, 4) is 11.6 Å². The highest BCUT2D eigenvalue weighted by molar-refractivity contribution is 9.10. The average Bonchev–Trinajstić information content (AvgIpc) is 2.41. The van der Waals surface area contributed by atoms with Gasteiger partial charge in [0.25, 0.3) is 0 Å². The Kier molecular flexibility index (Phi) is 4.28. The first-order valence-electron chi connectivity index (χ1n) is 5.60. The third kappa shape index (κ3) is 3.39. The summed E-state index contributed by atoms with van der Waals surface area (Å²) in [7, 11) is 0. The lowest BCUT2D eigenvalue weighted by Crippen LogP contribution is -2.10. The van der Waals surface area contributed by atoms with E-state index in [1.807, 2.05) is 6.92 Å². The first-order chi connectivity index (χ1) is 9.12. The summed E-state index contributed by atoms with van der Waals surface area (Å²) in [6, 6.07) is 5.71. The molecule has 7 heteroatoms. The number of ether oxygens (including phenoxy) is 1. The van der Waals surface area contributed by atoms with Gasteiger partial charge in [0.05, 0.1) is 4.47 Å². The zero-order valence-corrected chi connectivity index (χ0v) is 11.7. The first kappa shape index (κ1) is 13.7. The highest BCUT2D eigenvalue weighted by Crippen LogP contribution is 2.30. The van der Waals surface area contributed by atoms with E-state index in [1.165, 1.54) is 18.2 Å². The molecular weight excluding hydrogens is 315 g/mol. The Hall–Kier alpha value is -1.73. The number of aryl methyl sites for hydroxylation is 1. The van der Waals surface area contributed by atoms with E-state index in [2.05, 4.69) is 31.3 Å². The molecule has 0 saturated carbocycles. The molecule has 0 atom stereocenters. The van der Waals surface area contributed by atoms with Gasteiger partial charge in [-0.25, -0.2) is 15.2 Å². The molecule has 1 aromatic heterocycles. The van der Waals surface area contributed by atoms with E-state index in [0.29, 0.717) is 34.2 Å². The summed E-state index contributed by atoms with van der Waals surface area (Å²) in [4.78, 5) is 8.36. The van der Waals surface area contributed by atoms with Gasteiger partial charge in [-0.05, 0) is 34.1 Å². The number of hydrogen-bond donors (Lipinski definition) is 2. The predicted octanol–water partition coefficient (Wildman–Crippen LogP) is 3.02. The fraction of sp³-hybridized carbons (Fsp3) is 0.167. The number of anilines is 1. The van der Waals surface area contributed by atoms with Crippen LogP contribution in [0.3, 0.4) is 0 Å². The van der Waals surface area contributed by atoms with Gasteiger partial charge in [-0.2, -0.15) is 4.98 Å². The lowest BCUT2D eigenvalue weighted by atomic mass is 10.3. The molecule has 0 unspecified atom stereocenters. The van der Waals surface area contributed by atoms with Crippen LogP contribution in [0.2, 0.25) is 0 Å². The van der Waals surface area contributed by atoms with Crippen LogP contribution in [0.15, 0.2) is 28.7 Å². The van der Waals surface area contributed by atoms with Crippen LogP contribution in [0.5, 0.6) is 11.6 Å². The molecule has 0 fully saturated rings. The second kappa shape index (κ2) is 5.94. The van der Waals surface area contributed by atoms with Crippen LogP contribution in [-0.4, -0.2) is 9.97 Å². The minimum atomic E-state index is -0.347. The maximum Gasteiger partial charge on any atom is 0.224 e. The minimum absolute atomic E-state index is 0.340. The molecule has 0 spiro atoms. The molecule has 2 aromatic rings. The smallest absolute Gasteiger partial charge is 0.224 e. The zero-order chi connectivity index (χ0) is 13.8. The number of rotatable bonds is 4. The standard InChI is InChI=1S/C12H12BrFN4O/c1-2-10-16-11(18-15)6-12(17-10)19-9-4-3-7(14)5-8(9)13/h3-6H,2,15H2,1H3,(H,16,17,18). The van der Waals surface area contributed by atoms with Gasteiger partial charge in [0, 0.05) is 12.5 Å². The van der Waals surface area contributed by atoms with Crippen LogP contribution in [-0.2, 0) is 6.42 Å². The van der Waals surface area contributed by atoms with Gasteiger partial charge < -0.3 is 10.2 Å². The van der Waals surface area contributed by atoms with E-state index in [-0.39, 0.29) is 5.82 Å². The van der Waals surface area contributed by atoms with Crippen LogP contribution in [0, 0.1) is 5.82 Å². The van der Waals surface area contributed by atoms with E-state index in [9.17, 15) is 4.39 Å². The van der Waals surface area contributed by atoms with E-state index in [1.54, 1.807) is 6.07 Å². The van der Waals surface area contributed by atoms with Crippen molar-refractivity contribution in [2.24, 2.45) is 5.84 Å². The lowest BCUT2D eigenvalue weighted by molar-refractivity contribution is 0.454. The maximum atomic E-state index is 13.0. The summed E-state index contributed by atoms with van der Waals surface area (Å²) >= 11 is 3.23. The summed E-state index contributed by atoms with van der Waals surface area (Å²) in [5.74, 6) is 6.85. The molecule has 100 valence electrons. The molecule has 0 aliphatic heterocycles. The van der Waals surface area contributed by atoms with Gasteiger partial charge in [-0.3, -0.25) is 0 Å². The molecule has 1 heterocycles. The van der Waals surface area contributed by atoms with Crippen LogP contribution in [0.4, 0.5) is 10.2 Å². The summed E-state index contributed by atoms with van der Waals surface area (Å²) in [5.41, 5.74) is 2.45. The quantitative estimate of drug-likeness (QED) is 0.667.